The molecule has 0 N–H and O–H groups in total. The Morgan fingerprint density at radius 2 is 1.80 bits per heavy atom. The normalized spacial score (nSPS) is 10.4. The Bertz CT molecular complexity index is 565. The third-order valence-electron chi connectivity index (χ3n) is 2.78. The summed E-state index contributed by atoms with van der Waals surface area (Å²) in [5.74, 6) is 0.790. The third kappa shape index (κ3) is 3.95. The Morgan fingerprint density at radius 3 is 2.40 bits per heavy atom. The molecule has 0 saturated carbocycles. The number of methoxy groups -OCH3 is 1. The molecule has 0 heterocycles. The first kappa shape index (κ1) is 13.8. The number of ether oxygens (including phenoxy) is 1. The van der Waals surface area contributed by atoms with Gasteiger partial charge in [0.2, 0.25) is 6.41 Å². The van der Waals surface area contributed by atoms with Crippen LogP contribution < -0.4 is 4.74 Å². The van der Waals surface area contributed by atoms with E-state index < -0.39 is 0 Å². The van der Waals surface area contributed by atoms with Crippen molar-refractivity contribution in [2.24, 2.45) is 5.10 Å². The van der Waals surface area contributed by atoms with Gasteiger partial charge in [0.1, 0.15) is 5.75 Å². The number of carbonyl (C=O) groups excluding carboxylic acids is 1. The molecule has 0 aromatic heterocycles. The highest BCUT2D eigenvalue weighted by Gasteiger charge is 2.00. The molecule has 20 heavy (non-hydrogen) atoms. The maximum absolute atomic E-state index is 11.0. The van der Waals surface area contributed by atoms with Crippen LogP contribution in [0.4, 0.5) is 0 Å². The number of nitrogens with zero attached hydrogens (tertiary/aromatic N) is 2. The Hall–Kier alpha value is -2.62. The lowest BCUT2D eigenvalue weighted by Gasteiger charge is -2.10. The van der Waals surface area contributed by atoms with Crippen molar-refractivity contribution in [2.75, 3.05) is 7.11 Å². The van der Waals surface area contributed by atoms with Crippen LogP contribution in [0.2, 0.25) is 0 Å². The monoisotopic (exact) mass is 268 g/mol. The van der Waals surface area contributed by atoms with Crippen LogP contribution in [-0.2, 0) is 11.3 Å². The van der Waals surface area contributed by atoms with E-state index >= 15 is 0 Å². The maximum Gasteiger partial charge on any atom is 0.230 e. The van der Waals surface area contributed by atoms with Crippen molar-refractivity contribution in [3.63, 3.8) is 0 Å². The summed E-state index contributed by atoms with van der Waals surface area (Å²) in [6, 6.07) is 17.2. The minimum absolute atomic E-state index is 0.455. The van der Waals surface area contributed by atoms with E-state index in [1.165, 1.54) is 5.01 Å². The number of rotatable bonds is 6. The van der Waals surface area contributed by atoms with Crippen molar-refractivity contribution in [1.29, 1.82) is 0 Å². The zero-order valence-corrected chi connectivity index (χ0v) is 11.3. The summed E-state index contributed by atoms with van der Waals surface area (Å²) >= 11 is 0. The Balaban J connectivity index is 2.01. The number of hydrogen-bond acceptors (Lipinski definition) is 3. The molecule has 4 heteroatoms. The SMILES string of the molecule is COc1ccc(/C=N/N(C=O)Cc2ccccc2)cc1. The van der Waals surface area contributed by atoms with Gasteiger partial charge in [-0.15, -0.1) is 0 Å². The number of hydrogen-bond donors (Lipinski definition) is 0. The van der Waals surface area contributed by atoms with Gasteiger partial charge in [-0.3, -0.25) is 4.79 Å². The van der Waals surface area contributed by atoms with E-state index in [1.54, 1.807) is 13.3 Å². The molecular weight excluding hydrogens is 252 g/mol. The molecule has 0 saturated heterocycles. The molecule has 0 spiro atoms. The van der Waals surface area contributed by atoms with E-state index in [-0.39, 0.29) is 0 Å². The lowest BCUT2D eigenvalue weighted by molar-refractivity contribution is -0.118. The fourth-order valence-electron chi connectivity index (χ4n) is 1.71. The van der Waals surface area contributed by atoms with E-state index in [9.17, 15) is 4.79 Å². The lowest BCUT2D eigenvalue weighted by atomic mass is 10.2. The summed E-state index contributed by atoms with van der Waals surface area (Å²) in [4.78, 5) is 11.0. The van der Waals surface area contributed by atoms with Crippen LogP contribution in [0.1, 0.15) is 11.1 Å². The van der Waals surface area contributed by atoms with Gasteiger partial charge in [-0.2, -0.15) is 5.10 Å². The molecular formula is C16H16N2O2. The first-order chi connectivity index (χ1) is 9.81. The zero-order valence-electron chi connectivity index (χ0n) is 11.3. The van der Waals surface area contributed by atoms with Crippen LogP contribution in [0.3, 0.4) is 0 Å². The predicted octanol–water partition coefficient (Wildman–Crippen LogP) is 2.69. The fraction of sp³-hybridized carbons (Fsp3) is 0.125. The molecule has 2 aromatic carbocycles. The molecule has 2 aromatic rings. The van der Waals surface area contributed by atoms with Crippen LogP contribution in [0, 0.1) is 0 Å². The van der Waals surface area contributed by atoms with Crippen molar-refractivity contribution in [3.05, 3.63) is 65.7 Å². The molecule has 4 nitrogen and oxygen atoms in total. The van der Waals surface area contributed by atoms with Crippen LogP contribution >= 0.6 is 0 Å². The molecule has 2 rings (SSSR count). The molecule has 0 aliphatic carbocycles. The highest BCUT2D eigenvalue weighted by molar-refractivity contribution is 5.80. The first-order valence-corrected chi connectivity index (χ1v) is 6.25. The van der Waals surface area contributed by atoms with Crippen LogP contribution in [0.5, 0.6) is 5.75 Å². The standard InChI is InChI=1S/C16H16N2O2/c1-20-16-9-7-14(8-10-16)11-17-18(13-19)12-15-5-3-2-4-6-15/h2-11,13H,12H2,1H3/b17-11+. The zero-order chi connectivity index (χ0) is 14.2. The van der Waals surface area contributed by atoms with Crippen molar-refractivity contribution in [2.45, 2.75) is 6.54 Å². The average molecular weight is 268 g/mol. The highest BCUT2D eigenvalue weighted by Crippen LogP contribution is 2.10. The number of hydrazone groups is 1. The van der Waals surface area contributed by atoms with Gasteiger partial charge in [0.25, 0.3) is 0 Å². The van der Waals surface area contributed by atoms with Crippen LogP contribution in [0.15, 0.2) is 59.7 Å². The largest absolute Gasteiger partial charge is 0.497 e. The van der Waals surface area contributed by atoms with Crippen LogP contribution in [-0.4, -0.2) is 24.7 Å². The molecule has 0 aliphatic heterocycles. The predicted molar refractivity (Wildman–Crippen MR) is 78.6 cm³/mol. The highest BCUT2D eigenvalue weighted by atomic mass is 16.5. The van der Waals surface area contributed by atoms with Crippen molar-refractivity contribution >= 4 is 12.6 Å². The second kappa shape index (κ2) is 7.09. The first-order valence-electron chi connectivity index (χ1n) is 6.25. The van der Waals surface area contributed by atoms with Gasteiger partial charge < -0.3 is 4.74 Å². The Labute approximate surface area is 118 Å². The fourth-order valence-corrected chi connectivity index (χ4v) is 1.71. The van der Waals surface area contributed by atoms with E-state index in [4.69, 9.17) is 4.74 Å². The summed E-state index contributed by atoms with van der Waals surface area (Å²) in [6.07, 6.45) is 2.36. The number of carbonyl (C=O) groups is 1. The van der Waals surface area contributed by atoms with E-state index in [2.05, 4.69) is 5.10 Å². The van der Waals surface area contributed by atoms with Crippen molar-refractivity contribution in [3.8, 4) is 5.75 Å². The molecule has 0 aliphatic rings. The minimum Gasteiger partial charge on any atom is -0.497 e. The van der Waals surface area contributed by atoms with Crippen LogP contribution in [0.25, 0.3) is 0 Å². The van der Waals surface area contributed by atoms with E-state index in [1.807, 2.05) is 54.6 Å². The number of benzene rings is 2. The summed E-state index contributed by atoms with van der Waals surface area (Å²) in [5, 5.41) is 5.52. The van der Waals surface area contributed by atoms with Crippen molar-refractivity contribution in [1.82, 2.24) is 5.01 Å². The minimum atomic E-state index is 0.455. The summed E-state index contributed by atoms with van der Waals surface area (Å²) in [7, 11) is 1.62. The average Bonchev–Trinajstić information content (AvgIpc) is 2.53. The molecule has 0 unspecified atom stereocenters. The van der Waals surface area contributed by atoms with E-state index in [0.717, 1.165) is 16.9 Å². The summed E-state index contributed by atoms with van der Waals surface area (Å²) in [6.45, 7) is 0.455. The lowest BCUT2D eigenvalue weighted by Crippen LogP contribution is -2.14. The van der Waals surface area contributed by atoms with Gasteiger partial charge in [0.05, 0.1) is 19.9 Å². The maximum atomic E-state index is 11.0. The van der Waals surface area contributed by atoms with Gasteiger partial charge in [0, 0.05) is 0 Å². The third-order valence-corrected chi connectivity index (χ3v) is 2.78. The summed E-state index contributed by atoms with van der Waals surface area (Å²) < 4.78 is 5.08. The Morgan fingerprint density at radius 1 is 1.10 bits per heavy atom. The molecule has 1 amide bonds. The second-order valence-corrected chi connectivity index (χ2v) is 4.21. The van der Waals surface area contributed by atoms with Gasteiger partial charge >= 0.3 is 0 Å². The molecule has 102 valence electrons. The van der Waals surface area contributed by atoms with Gasteiger partial charge in [0.15, 0.2) is 0 Å². The quantitative estimate of drug-likeness (QED) is 0.459. The van der Waals surface area contributed by atoms with Gasteiger partial charge in [-0.1, -0.05) is 30.3 Å². The van der Waals surface area contributed by atoms with Gasteiger partial charge in [-0.05, 0) is 35.4 Å². The number of amides is 1. The Kier molecular flexibility index (Phi) is 4.89. The second-order valence-electron chi connectivity index (χ2n) is 4.21. The summed E-state index contributed by atoms with van der Waals surface area (Å²) in [5.41, 5.74) is 1.94. The topological polar surface area (TPSA) is 41.9 Å². The van der Waals surface area contributed by atoms with E-state index in [0.29, 0.717) is 13.0 Å². The molecule has 0 radical (unpaired) electrons. The smallest absolute Gasteiger partial charge is 0.230 e. The molecule has 0 fully saturated rings. The molecule has 0 atom stereocenters. The molecule has 0 bridgehead atoms. The van der Waals surface area contributed by atoms with Gasteiger partial charge in [-0.25, -0.2) is 5.01 Å². The van der Waals surface area contributed by atoms with Crippen molar-refractivity contribution < 1.29 is 9.53 Å².